The summed E-state index contributed by atoms with van der Waals surface area (Å²) in [5, 5.41) is 0. The van der Waals surface area contributed by atoms with E-state index in [2.05, 4.69) is 15.9 Å². The Morgan fingerprint density at radius 2 is 1.89 bits per heavy atom. The Bertz CT molecular complexity index is 397. The molecule has 0 aliphatic carbocycles. The highest BCUT2D eigenvalue weighted by atomic mass is 79.9. The number of carbonyl (C=O) groups excluding carboxylic acids is 1. The third-order valence-electron chi connectivity index (χ3n) is 3.57. The first-order valence-electron chi connectivity index (χ1n) is 6.41. The molecule has 0 unspecified atom stereocenters. The molecule has 2 N–H and O–H groups in total. The lowest BCUT2D eigenvalue weighted by molar-refractivity contribution is -0.131. The topological polar surface area (TPSA) is 46.3 Å². The van der Waals surface area contributed by atoms with Crippen molar-refractivity contribution < 1.29 is 4.79 Å². The zero-order valence-electron chi connectivity index (χ0n) is 10.4. The van der Waals surface area contributed by atoms with Gasteiger partial charge in [-0.1, -0.05) is 28.1 Å². The van der Waals surface area contributed by atoms with Crippen molar-refractivity contribution in [1.29, 1.82) is 0 Å². The lowest BCUT2D eigenvalue weighted by Gasteiger charge is -2.31. The van der Waals surface area contributed by atoms with Crippen molar-refractivity contribution >= 4 is 21.8 Å². The Morgan fingerprint density at radius 3 is 2.44 bits per heavy atom. The highest BCUT2D eigenvalue weighted by molar-refractivity contribution is 9.10. The van der Waals surface area contributed by atoms with Crippen molar-refractivity contribution in [3.63, 3.8) is 0 Å². The molecule has 0 atom stereocenters. The van der Waals surface area contributed by atoms with Crippen molar-refractivity contribution in [2.45, 2.75) is 19.3 Å². The summed E-state index contributed by atoms with van der Waals surface area (Å²) < 4.78 is 1.04. The number of benzene rings is 1. The summed E-state index contributed by atoms with van der Waals surface area (Å²) >= 11 is 3.40. The number of rotatable bonds is 3. The van der Waals surface area contributed by atoms with Crippen LogP contribution in [0, 0.1) is 5.92 Å². The van der Waals surface area contributed by atoms with Crippen molar-refractivity contribution in [2.24, 2.45) is 11.7 Å². The quantitative estimate of drug-likeness (QED) is 0.930. The number of hydrogen-bond donors (Lipinski definition) is 1. The smallest absolute Gasteiger partial charge is 0.226 e. The zero-order valence-corrected chi connectivity index (χ0v) is 12.0. The van der Waals surface area contributed by atoms with Crippen LogP contribution in [0.2, 0.25) is 0 Å². The molecule has 0 aromatic heterocycles. The monoisotopic (exact) mass is 310 g/mol. The van der Waals surface area contributed by atoms with Gasteiger partial charge in [0.1, 0.15) is 0 Å². The minimum atomic E-state index is 0.229. The first-order chi connectivity index (χ1) is 8.69. The standard InChI is InChI=1S/C14H19BrN2O/c15-13-3-1-11(2-4-13)9-14(18)17-7-5-12(10-16)6-8-17/h1-4,12H,5-10,16H2. The first-order valence-corrected chi connectivity index (χ1v) is 7.20. The van der Waals surface area contributed by atoms with Crippen LogP contribution in [0.15, 0.2) is 28.7 Å². The van der Waals surface area contributed by atoms with Crippen LogP contribution >= 0.6 is 15.9 Å². The number of hydrogen-bond acceptors (Lipinski definition) is 2. The second-order valence-electron chi connectivity index (χ2n) is 4.86. The number of likely N-dealkylation sites (tertiary alicyclic amines) is 1. The van der Waals surface area contributed by atoms with Gasteiger partial charge in [-0.2, -0.15) is 0 Å². The Labute approximate surface area is 116 Å². The highest BCUT2D eigenvalue weighted by Crippen LogP contribution is 2.17. The predicted molar refractivity (Wildman–Crippen MR) is 76.2 cm³/mol. The molecule has 1 fully saturated rings. The van der Waals surface area contributed by atoms with Gasteiger partial charge in [-0.25, -0.2) is 0 Å². The molecule has 0 saturated carbocycles. The lowest BCUT2D eigenvalue weighted by Crippen LogP contribution is -2.40. The van der Waals surface area contributed by atoms with E-state index in [1.807, 2.05) is 29.2 Å². The molecule has 1 aliphatic rings. The number of nitrogens with two attached hydrogens (primary N) is 1. The molecule has 4 heteroatoms. The number of amides is 1. The Balaban J connectivity index is 1.87. The van der Waals surface area contributed by atoms with E-state index in [1.165, 1.54) is 0 Å². The summed E-state index contributed by atoms with van der Waals surface area (Å²) in [5.74, 6) is 0.828. The van der Waals surface area contributed by atoms with Gasteiger partial charge in [0.2, 0.25) is 5.91 Å². The molecule has 3 nitrogen and oxygen atoms in total. The molecule has 1 aromatic carbocycles. The summed E-state index contributed by atoms with van der Waals surface area (Å²) in [6.07, 6.45) is 2.59. The maximum Gasteiger partial charge on any atom is 0.226 e. The maximum absolute atomic E-state index is 12.1. The number of carbonyl (C=O) groups is 1. The van der Waals surface area contributed by atoms with Gasteiger partial charge in [-0.05, 0) is 43.0 Å². The van der Waals surface area contributed by atoms with E-state index in [-0.39, 0.29) is 5.91 Å². The molecular formula is C14H19BrN2O. The average molecular weight is 311 g/mol. The molecule has 0 radical (unpaired) electrons. The zero-order chi connectivity index (χ0) is 13.0. The number of halogens is 1. The van der Waals surface area contributed by atoms with Gasteiger partial charge in [0.05, 0.1) is 6.42 Å². The molecule has 1 heterocycles. The van der Waals surface area contributed by atoms with Gasteiger partial charge >= 0.3 is 0 Å². The van der Waals surface area contributed by atoms with Gasteiger partial charge in [0.25, 0.3) is 0 Å². The first kappa shape index (κ1) is 13.6. The summed E-state index contributed by atoms with van der Waals surface area (Å²) in [5.41, 5.74) is 6.73. The van der Waals surface area contributed by atoms with Crippen molar-refractivity contribution in [3.8, 4) is 0 Å². The van der Waals surface area contributed by atoms with E-state index < -0.39 is 0 Å². The third kappa shape index (κ3) is 3.56. The Kier molecular flexibility index (Phi) is 4.78. The van der Waals surface area contributed by atoms with E-state index in [1.54, 1.807) is 0 Å². The van der Waals surface area contributed by atoms with Crippen LogP contribution in [-0.2, 0) is 11.2 Å². The molecule has 1 saturated heterocycles. The largest absolute Gasteiger partial charge is 0.342 e. The maximum atomic E-state index is 12.1. The molecule has 18 heavy (non-hydrogen) atoms. The minimum absolute atomic E-state index is 0.229. The molecule has 98 valence electrons. The van der Waals surface area contributed by atoms with E-state index in [0.717, 1.165) is 42.5 Å². The second-order valence-corrected chi connectivity index (χ2v) is 5.78. The molecule has 0 bridgehead atoms. The molecule has 1 aromatic rings. The molecule has 2 rings (SSSR count). The minimum Gasteiger partial charge on any atom is -0.342 e. The van der Waals surface area contributed by atoms with Crippen molar-refractivity contribution in [2.75, 3.05) is 19.6 Å². The van der Waals surface area contributed by atoms with Crippen LogP contribution in [-0.4, -0.2) is 30.4 Å². The fourth-order valence-electron chi connectivity index (χ4n) is 2.31. The van der Waals surface area contributed by atoms with Crippen molar-refractivity contribution in [1.82, 2.24) is 4.90 Å². The number of nitrogens with zero attached hydrogens (tertiary/aromatic N) is 1. The number of piperidine rings is 1. The third-order valence-corrected chi connectivity index (χ3v) is 4.10. The summed E-state index contributed by atoms with van der Waals surface area (Å²) in [6.45, 7) is 2.46. The predicted octanol–water partition coefficient (Wildman–Crippen LogP) is 2.19. The van der Waals surface area contributed by atoms with Crippen LogP contribution in [0.1, 0.15) is 18.4 Å². The Hall–Kier alpha value is -0.870. The Morgan fingerprint density at radius 1 is 1.28 bits per heavy atom. The van der Waals surface area contributed by atoms with Crippen molar-refractivity contribution in [3.05, 3.63) is 34.3 Å². The van der Waals surface area contributed by atoms with Crippen LogP contribution in [0.4, 0.5) is 0 Å². The molecule has 1 amide bonds. The van der Waals surface area contributed by atoms with Crippen LogP contribution < -0.4 is 5.73 Å². The summed E-state index contributed by atoms with van der Waals surface area (Å²) in [6, 6.07) is 7.94. The van der Waals surface area contributed by atoms with Gasteiger partial charge in [0, 0.05) is 17.6 Å². The van der Waals surface area contributed by atoms with E-state index in [0.29, 0.717) is 12.3 Å². The normalized spacial score (nSPS) is 16.9. The van der Waals surface area contributed by atoms with Gasteiger partial charge in [-0.15, -0.1) is 0 Å². The van der Waals surface area contributed by atoms with Crippen LogP contribution in [0.3, 0.4) is 0 Å². The average Bonchev–Trinajstić information content (AvgIpc) is 2.41. The van der Waals surface area contributed by atoms with E-state index >= 15 is 0 Å². The van der Waals surface area contributed by atoms with Crippen LogP contribution in [0.5, 0.6) is 0 Å². The summed E-state index contributed by atoms with van der Waals surface area (Å²) in [4.78, 5) is 14.1. The fraction of sp³-hybridized carbons (Fsp3) is 0.500. The lowest BCUT2D eigenvalue weighted by atomic mass is 9.96. The fourth-order valence-corrected chi connectivity index (χ4v) is 2.57. The van der Waals surface area contributed by atoms with E-state index in [4.69, 9.17) is 5.73 Å². The second kappa shape index (κ2) is 6.34. The highest BCUT2D eigenvalue weighted by Gasteiger charge is 2.21. The molecular weight excluding hydrogens is 292 g/mol. The van der Waals surface area contributed by atoms with Gasteiger partial charge < -0.3 is 10.6 Å². The van der Waals surface area contributed by atoms with Gasteiger partial charge in [-0.3, -0.25) is 4.79 Å². The summed E-state index contributed by atoms with van der Waals surface area (Å²) in [7, 11) is 0. The van der Waals surface area contributed by atoms with E-state index in [9.17, 15) is 4.79 Å². The SMILES string of the molecule is NCC1CCN(C(=O)Cc2ccc(Br)cc2)CC1. The molecule has 0 spiro atoms. The molecule has 1 aliphatic heterocycles. The van der Waals surface area contributed by atoms with Gasteiger partial charge in [0.15, 0.2) is 0 Å². The van der Waals surface area contributed by atoms with Crippen LogP contribution in [0.25, 0.3) is 0 Å².